The smallest absolute Gasteiger partial charge is 0.131 e. The van der Waals surface area contributed by atoms with Crippen LogP contribution in [0.15, 0.2) is 18.2 Å². The first-order valence-corrected chi connectivity index (χ1v) is 6.95. The Balaban J connectivity index is 2.10. The Bertz CT molecular complexity index is 281. The summed E-state index contributed by atoms with van der Waals surface area (Å²) < 4.78 is 0. The number of anilines is 1. The molecule has 0 radical (unpaired) electrons. The minimum atomic E-state index is 0.544. The summed E-state index contributed by atoms with van der Waals surface area (Å²) in [5.74, 6) is 2.13. The molecule has 4 heteroatoms. The highest BCUT2D eigenvalue weighted by Gasteiger charge is 1.94. The summed E-state index contributed by atoms with van der Waals surface area (Å²) in [4.78, 5) is 4.16. The lowest BCUT2D eigenvalue weighted by molar-refractivity contribution is 0.748. The highest BCUT2D eigenvalue weighted by Crippen LogP contribution is 2.09. The maximum atomic E-state index is 5.77. The van der Waals surface area contributed by atoms with Crippen LogP contribution in [-0.4, -0.2) is 23.5 Å². The van der Waals surface area contributed by atoms with E-state index >= 15 is 0 Å². The number of rotatable bonds is 7. The molecule has 84 valence electrons. The molecule has 0 aliphatic rings. The Morgan fingerprint density at radius 1 is 1.33 bits per heavy atom. The molecule has 0 unspecified atom stereocenters. The topological polar surface area (TPSA) is 24.9 Å². The van der Waals surface area contributed by atoms with Gasteiger partial charge < -0.3 is 5.32 Å². The van der Waals surface area contributed by atoms with Gasteiger partial charge in [-0.05, 0) is 37.0 Å². The van der Waals surface area contributed by atoms with Gasteiger partial charge in [-0.1, -0.05) is 24.1 Å². The van der Waals surface area contributed by atoms with Gasteiger partial charge in [0.25, 0.3) is 0 Å². The van der Waals surface area contributed by atoms with Crippen molar-refractivity contribution in [3.05, 3.63) is 23.4 Å². The van der Waals surface area contributed by atoms with Crippen LogP contribution in [0.25, 0.3) is 0 Å². The average molecular weight is 245 g/mol. The summed E-state index contributed by atoms with van der Waals surface area (Å²) in [7, 11) is 0. The molecular formula is C11H17ClN2S. The SMILES string of the molecule is CSCCCCCNc1cccc(Cl)n1. The van der Waals surface area contributed by atoms with Crippen molar-refractivity contribution < 1.29 is 0 Å². The highest BCUT2D eigenvalue weighted by atomic mass is 35.5. The average Bonchev–Trinajstić information content (AvgIpc) is 2.23. The van der Waals surface area contributed by atoms with Crippen LogP contribution >= 0.6 is 23.4 Å². The molecule has 0 aliphatic carbocycles. The third-order valence-electron chi connectivity index (χ3n) is 2.05. The second-order valence-electron chi connectivity index (χ2n) is 3.33. The van der Waals surface area contributed by atoms with E-state index in [1.807, 2.05) is 23.9 Å². The van der Waals surface area contributed by atoms with Gasteiger partial charge in [-0.15, -0.1) is 0 Å². The molecule has 0 amide bonds. The van der Waals surface area contributed by atoms with E-state index < -0.39 is 0 Å². The van der Waals surface area contributed by atoms with Crippen LogP contribution in [0.1, 0.15) is 19.3 Å². The predicted octanol–water partition coefficient (Wildman–Crippen LogP) is 3.68. The lowest BCUT2D eigenvalue weighted by Crippen LogP contribution is -2.03. The zero-order valence-corrected chi connectivity index (χ0v) is 10.6. The Morgan fingerprint density at radius 3 is 2.93 bits per heavy atom. The van der Waals surface area contributed by atoms with E-state index in [1.165, 1.54) is 25.0 Å². The second kappa shape index (κ2) is 7.83. The normalized spacial score (nSPS) is 10.3. The number of halogens is 1. The molecule has 1 N–H and O–H groups in total. The number of thioether (sulfide) groups is 1. The molecule has 1 aromatic rings. The fourth-order valence-corrected chi connectivity index (χ4v) is 1.93. The monoisotopic (exact) mass is 244 g/mol. The van der Waals surface area contributed by atoms with E-state index in [-0.39, 0.29) is 0 Å². The molecule has 15 heavy (non-hydrogen) atoms. The lowest BCUT2D eigenvalue weighted by atomic mass is 10.2. The third-order valence-corrected chi connectivity index (χ3v) is 2.95. The maximum absolute atomic E-state index is 5.77. The molecule has 0 aromatic carbocycles. The number of pyridine rings is 1. The van der Waals surface area contributed by atoms with Crippen molar-refractivity contribution in [3.63, 3.8) is 0 Å². The van der Waals surface area contributed by atoms with Crippen molar-refractivity contribution in [2.24, 2.45) is 0 Å². The Kier molecular flexibility index (Phi) is 6.60. The first kappa shape index (κ1) is 12.7. The molecule has 1 aromatic heterocycles. The van der Waals surface area contributed by atoms with Gasteiger partial charge in [-0.25, -0.2) is 4.98 Å². The van der Waals surface area contributed by atoms with Crippen molar-refractivity contribution in [2.45, 2.75) is 19.3 Å². The molecule has 0 saturated carbocycles. The largest absolute Gasteiger partial charge is 0.370 e. The van der Waals surface area contributed by atoms with Gasteiger partial charge in [0, 0.05) is 6.54 Å². The van der Waals surface area contributed by atoms with Gasteiger partial charge in [0.1, 0.15) is 11.0 Å². The van der Waals surface area contributed by atoms with E-state index in [0.29, 0.717) is 5.15 Å². The molecule has 0 aliphatic heterocycles. The second-order valence-corrected chi connectivity index (χ2v) is 4.70. The Morgan fingerprint density at radius 2 is 2.20 bits per heavy atom. The number of aromatic nitrogens is 1. The first-order valence-electron chi connectivity index (χ1n) is 5.18. The zero-order valence-electron chi connectivity index (χ0n) is 9.00. The molecule has 1 heterocycles. The van der Waals surface area contributed by atoms with Gasteiger partial charge in [0.05, 0.1) is 0 Å². The van der Waals surface area contributed by atoms with E-state index in [2.05, 4.69) is 16.6 Å². The number of hydrogen-bond acceptors (Lipinski definition) is 3. The highest BCUT2D eigenvalue weighted by molar-refractivity contribution is 7.98. The summed E-state index contributed by atoms with van der Waals surface area (Å²) in [6.45, 7) is 0.974. The number of hydrogen-bond donors (Lipinski definition) is 1. The van der Waals surface area contributed by atoms with Crippen LogP contribution in [-0.2, 0) is 0 Å². The number of nitrogens with one attached hydrogen (secondary N) is 1. The van der Waals surface area contributed by atoms with Crippen LogP contribution in [0.4, 0.5) is 5.82 Å². The Labute approximate surface area is 101 Å². The molecule has 0 spiro atoms. The van der Waals surface area contributed by atoms with Crippen molar-refractivity contribution in [2.75, 3.05) is 23.9 Å². The molecule has 0 saturated heterocycles. The fourth-order valence-electron chi connectivity index (χ4n) is 1.27. The maximum Gasteiger partial charge on any atom is 0.131 e. The third kappa shape index (κ3) is 5.90. The van der Waals surface area contributed by atoms with Crippen molar-refractivity contribution in [1.29, 1.82) is 0 Å². The molecule has 1 rings (SSSR count). The predicted molar refractivity (Wildman–Crippen MR) is 70.0 cm³/mol. The minimum absolute atomic E-state index is 0.544. The van der Waals surface area contributed by atoms with Crippen LogP contribution in [0.5, 0.6) is 0 Å². The molecule has 0 bridgehead atoms. The quantitative estimate of drug-likeness (QED) is 0.585. The lowest BCUT2D eigenvalue weighted by Gasteiger charge is -2.05. The van der Waals surface area contributed by atoms with Crippen molar-refractivity contribution in [3.8, 4) is 0 Å². The van der Waals surface area contributed by atoms with Gasteiger partial charge in [-0.2, -0.15) is 11.8 Å². The summed E-state index contributed by atoms with van der Waals surface area (Å²) in [6, 6.07) is 5.63. The fraction of sp³-hybridized carbons (Fsp3) is 0.545. The Hall–Kier alpha value is -0.410. The van der Waals surface area contributed by atoms with E-state index in [9.17, 15) is 0 Å². The van der Waals surface area contributed by atoms with Gasteiger partial charge >= 0.3 is 0 Å². The molecule has 0 atom stereocenters. The van der Waals surface area contributed by atoms with E-state index in [0.717, 1.165) is 12.4 Å². The van der Waals surface area contributed by atoms with Gasteiger partial charge in [0.15, 0.2) is 0 Å². The van der Waals surface area contributed by atoms with Crippen molar-refractivity contribution in [1.82, 2.24) is 4.98 Å². The van der Waals surface area contributed by atoms with Gasteiger partial charge in [0.2, 0.25) is 0 Å². The van der Waals surface area contributed by atoms with Crippen LogP contribution < -0.4 is 5.32 Å². The zero-order chi connectivity index (χ0) is 10.9. The standard InChI is InChI=1S/C11H17ClN2S/c1-15-9-4-2-3-8-13-11-7-5-6-10(12)14-11/h5-7H,2-4,8-9H2,1H3,(H,13,14). The first-order chi connectivity index (χ1) is 7.33. The van der Waals surface area contributed by atoms with E-state index in [1.54, 1.807) is 6.07 Å². The van der Waals surface area contributed by atoms with Crippen molar-refractivity contribution >= 4 is 29.2 Å². The molecular weight excluding hydrogens is 228 g/mol. The summed E-state index contributed by atoms with van der Waals surface area (Å²) in [5.41, 5.74) is 0. The summed E-state index contributed by atoms with van der Waals surface area (Å²) in [6.07, 6.45) is 5.91. The van der Waals surface area contributed by atoms with Crippen LogP contribution in [0.3, 0.4) is 0 Å². The molecule has 0 fully saturated rings. The van der Waals surface area contributed by atoms with E-state index in [4.69, 9.17) is 11.6 Å². The van der Waals surface area contributed by atoms with Crippen LogP contribution in [0, 0.1) is 0 Å². The van der Waals surface area contributed by atoms with Crippen LogP contribution in [0.2, 0.25) is 5.15 Å². The number of unbranched alkanes of at least 4 members (excludes halogenated alkanes) is 2. The molecule has 2 nitrogen and oxygen atoms in total. The summed E-state index contributed by atoms with van der Waals surface area (Å²) >= 11 is 7.68. The van der Waals surface area contributed by atoms with Gasteiger partial charge in [-0.3, -0.25) is 0 Å². The number of nitrogens with zero attached hydrogens (tertiary/aromatic N) is 1. The summed E-state index contributed by atoms with van der Waals surface area (Å²) in [5, 5.41) is 3.80. The minimum Gasteiger partial charge on any atom is -0.370 e.